The minimum Gasteiger partial charge on any atom is -0.460 e. The number of halogens is 7. The lowest BCUT2D eigenvalue weighted by Gasteiger charge is -2.05. The van der Waals surface area contributed by atoms with E-state index in [0.29, 0.717) is 9.75 Å². The molecule has 0 spiro atoms. The average molecular weight is 445 g/mol. The molecular weight excluding hydrogens is 434 g/mol. The van der Waals surface area contributed by atoms with Crippen molar-refractivity contribution in [3.05, 3.63) is 22.1 Å². The molecular formula is C12H11ClF6N2O3S2. The number of thiazole rings is 2. The van der Waals surface area contributed by atoms with Crippen molar-refractivity contribution in [2.45, 2.75) is 24.8 Å². The lowest BCUT2D eigenvalue weighted by Crippen LogP contribution is -2.19. The van der Waals surface area contributed by atoms with Crippen LogP contribution < -0.4 is 9.47 Å². The van der Waals surface area contributed by atoms with Crippen molar-refractivity contribution in [2.75, 3.05) is 13.2 Å². The van der Waals surface area contributed by atoms with Crippen LogP contribution in [0.15, 0.2) is 12.4 Å². The minimum atomic E-state index is -4.36. The zero-order chi connectivity index (χ0) is 19.8. The number of hydrogen-bond acceptors (Lipinski definition) is 7. The zero-order valence-corrected chi connectivity index (χ0v) is 15.0. The molecule has 0 aliphatic heterocycles. The van der Waals surface area contributed by atoms with Crippen LogP contribution in [0.2, 0.25) is 0 Å². The summed E-state index contributed by atoms with van der Waals surface area (Å²) in [6.45, 7) is -2.92. The van der Waals surface area contributed by atoms with Crippen molar-refractivity contribution in [1.82, 2.24) is 9.97 Å². The Morgan fingerprint density at radius 1 is 0.885 bits per heavy atom. The number of nitrogens with zero attached hydrogens (tertiary/aromatic N) is 2. The number of alkyl halides is 7. The fourth-order valence-corrected chi connectivity index (χ4v) is 2.59. The van der Waals surface area contributed by atoms with E-state index >= 15 is 0 Å². The number of rotatable bonds is 6. The van der Waals surface area contributed by atoms with E-state index < -0.39 is 25.6 Å². The third kappa shape index (κ3) is 9.99. The van der Waals surface area contributed by atoms with E-state index in [-0.39, 0.29) is 22.9 Å². The quantitative estimate of drug-likeness (QED) is 0.528. The van der Waals surface area contributed by atoms with Gasteiger partial charge in [0.25, 0.3) is 10.4 Å². The van der Waals surface area contributed by atoms with Gasteiger partial charge >= 0.3 is 12.4 Å². The monoisotopic (exact) mass is 444 g/mol. The van der Waals surface area contributed by atoms with E-state index in [1.54, 1.807) is 0 Å². The van der Waals surface area contributed by atoms with E-state index in [2.05, 4.69) is 19.4 Å². The van der Waals surface area contributed by atoms with E-state index in [1.807, 2.05) is 0 Å². The van der Waals surface area contributed by atoms with Gasteiger partial charge in [-0.2, -0.15) is 26.3 Å². The molecule has 0 amide bonds. The Hall–Kier alpha value is -1.31. The van der Waals surface area contributed by atoms with Gasteiger partial charge in [0.1, 0.15) is 0 Å². The van der Waals surface area contributed by atoms with Gasteiger partial charge in [0.15, 0.2) is 13.2 Å². The van der Waals surface area contributed by atoms with Gasteiger partial charge in [-0.05, 0) is 0 Å². The summed E-state index contributed by atoms with van der Waals surface area (Å²) < 4.78 is 78.6. The lowest BCUT2D eigenvalue weighted by atomic mass is 10.6. The first-order valence-corrected chi connectivity index (χ1v) is 8.64. The lowest BCUT2D eigenvalue weighted by molar-refractivity contribution is -0.154. The first kappa shape index (κ1) is 22.7. The van der Waals surface area contributed by atoms with Crippen LogP contribution in [0.1, 0.15) is 9.75 Å². The molecule has 2 heterocycles. The highest BCUT2D eigenvalue weighted by Gasteiger charge is 2.29. The summed E-state index contributed by atoms with van der Waals surface area (Å²) in [4.78, 5) is 8.28. The minimum absolute atomic E-state index is 0.00650. The topological polar surface area (TPSA) is 64.5 Å². The van der Waals surface area contributed by atoms with Crippen molar-refractivity contribution in [1.29, 1.82) is 0 Å². The van der Waals surface area contributed by atoms with Crippen LogP contribution in [0.4, 0.5) is 26.3 Å². The summed E-state index contributed by atoms with van der Waals surface area (Å²) in [6.07, 6.45) is -6.02. The predicted octanol–water partition coefficient (Wildman–Crippen LogP) is 4.40. The van der Waals surface area contributed by atoms with E-state index in [0.717, 1.165) is 22.7 Å². The Labute approximate surface area is 156 Å². The Morgan fingerprint density at radius 3 is 1.62 bits per heavy atom. The summed E-state index contributed by atoms with van der Waals surface area (Å²) in [5, 5.41) is 8.48. The third-order valence-electron chi connectivity index (χ3n) is 2.07. The molecule has 5 nitrogen and oxygen atoms in total. The molecule has 0 radical (unpaired) electrons. The van der Waals surface area contributed by atoms with Gasteiger partial charge in [0.2, 0.25) is 0 Å². The van der Waals surface area contributed by atoms with E-state index in [9.17, 15) is 26.3 Å². The Morgan fingerprint density at radius 2 is 1.31 bits per heavy atom. The normalized spacial score (nSPS) is 11.7. The molecule has 2 aromatic rings. The number of aromatic nitrogens is 2. The maximum absolute atomic E-state index is 11.7. The van der Waals surface area contributed by atoms with Crippen molar-refractivity contribution < 1.29 is 40.9 Å². The summed E-state index contributed by atoms with van der Waals surface area (Å²) >= 11 is 7.32. The Bertz CT molecular complexity index is 606. The maximum Gasteiger partial charge on any atom is 0.422 e. The van der Waals surface area contributed by atoms with E-state index in [1.165, 1.54) is 12.4 Å². The Balaban J connectivity index is 0.000000260. The fraction of sp³-hybridized carbons (Fsp3) is 0.500. The highest BCUT2D eigenvalue weighted by Crippen LogP contribution is 2.24. The smallest absolute Gasteiger partial charge is 0.422 e. The first-order valence-electron chi connectivity index (χ1n) is 6.47. The second-order valence-corrected chi connectivity index (χ2v) is 6.71. The van der Waals surface area contributed by atoms with Gasteiger partial charge in [-0.25, -0.2) is 9.97 Å². The molecule has 0 unspecified atom stereocenters. The molecule has 0 bridgehead atoms. The van der Waals surface area contributed by atoms with Gasteiger partial charge in [0, 0.05) is 17.3 Å². The van der Waals surface area contributed by atoms with Crippen LogP contribution in [-0.2, 0) is 12.5 Å². The number of aliphatic hydroxyl groups is 1. The number of hydrogen-bond donors (Lipinski definition) is 1. The van der Waals surface area contributed by atoms with Gasteiger partial charge < -0.3 is 14.6 Å². The molecule has 0 aromatic carbocycles. The largest absolute Gasteiger partial charge is 0.460 e. The van der Waals surface area contributed by atoms with Crippen molar-refractivity contribution in [3.8, 4) is 10.4 Å². The highest BCUT2D eigenvalue weighted by molar-refractivity contribution is 7.13. The standard InChI is InChI=1S/C6H5ClF3NOS.C6H6F3NO2S/c7-1-4-2-11-5(13-4)12-3-6(8,9)10;7-6(8,9)3-12-5-10-1-4(2-11)13-5/h2H,1,3H2;1,11H,2-3H2. The van der Waals surface area contributed by atoms with Crippen molar-refractivity contribution in [3.63, 3.8) is 0 Å². The molecule has 0 aliphatic rings. The molecule has 14 heteroatoms. The fourth-order valence-electron chi connectivity index (χ4n) is 1.13. The van der Waals surface area contributed by atoms with Crippen LogP contribution in [0.5, 0.6) is 10.4 Å². The van der Waals surface area contributed by atoms with E-state index in [4.69, 9.17) is 16.7 Å². The summed E-state index contributed by atoms with van der Waals surface area (Å²) in [5.41, 5.74) is 0. The average Bonchev–Trinajstić information content (AvgIpc) is 3.19. The molecule has 0 aliphatic carbocycles. The van der Waals surface area contributed by atoms with Gasteiger partial charge in [0.05, 0.1) is 17.4 Å². The van der Waals surface area contributed by atoms with Crippen LogP contribution in [-0.4, -0.2) is 40.6 Å². The SMILES string of the molecule is FC(F)(F)COc1ncc(CCl)s1.OCc1cnc(OCC(F)(F)F)s1. The van der Waals surface area contributed by atoms with Gasteiger partial charge in [-0.3, -0.25) is 0 Å². The van der Waals surface area contributed by atoms with Crippen LogP contribution >= 0.6 is 34.3 Å². The number of ether oxygens (including phenoxy) is 2. The van der Waals surface area contributed by atoms with Crippen LogP contribution in [0.3, 0.4) is 0 Å². The maximum atomic E-state index is 11.7. The summed E-state index contributed by atoms with van der Waals surface area (Å²) in [5.74, 6) is 0.229. The van der Waals surface area contributed by atoms with Gasteiger partial charge in [-0.15, -0.1) is 11.6 Å². The first-order chi connectivity index (χ1) is 12.0. The summed E-state index contributed by atoms with van der Waals surface area (Å²) in [7, 11) is 0. The molecule has 2 aromatic heterocycles. The molecule has 0 fully saturated rings. The molecule has 148 valence electrons. The molecule has 26 heavy (non-hydrogen) atoms. The van der Waals surface area contributed by atoms with Crippen molar-refractivity contribution >= 4 is 34.3 Å². The Kier molecular flexibility index (Phi) is 8.86. The number of aliphatic hydroxyl groups excluding tert-OH is 1. The molecule has 2 rings (SSSR count). The predicted molar refractivity (Wildman–Crippen MR) is 82.8 cm³/mol. The highest BCUT2D eigenvalue weighted by atomic mass is 35.5. The van der Waals surface area contributed by atoms with Gasteiger partial charge in [-0.1, -0.05) is 22.7 Å². The van der Waals surface area contributed by atoms with Crippen LogP contribution in [0, 0.1) is 0 Å². The molecule has 0 saturated carbocycles. The second kappa shape index (κ2) is 10.1. The summed E-state index contributed by atoms with van der Waals surface area (Å²) in [6, 6.07) is 0. The van der Waals surface area contributed by atoms with Crippen LogP contribution in [0.25, 0.3) is 0 Å². The van der Waals surface area contributed by atoms with Crippen molar-refractivity contribution in [2.24, 2.45) is 0 Å². The third-order valence-corrected chi connectivity index (χ3v) is 4.32. The molecule has 0 atom stereocenters. The zero-order valence-electron chi connectivity index (χ0n) is 12.6. The molecule has 0 saturated heterocycles. The second-order valence-electron chi connectivity index (χ2n) is 4.28. The molecule has 1 N–H and O–H groups in total.